The maximum absolute atomic E-state index is 11.5. The quantitative estimate of drug-likeness (QED) is 0.699. The number of aryl methyl sites for hydroxylation is 1. The van der Waals surface area contributed by atoms with Crippen LogP contribution in [0.5, 0.6) is 0 Å². The van der Waals surface area contributed by atoms with Gasteiger partial charge in [-0.2, -0.15) is 5.10 Å². The van der Waals surface area contributed by atoms with Gasteiger partial charge in [0.15, 0.2) is 0 Å². The summed E-state index contributed by atoms with van der Waals surface area (Å²) >= 11 is 0. The van der Waals surface area contributed by atoms with Gasteiger partial charge in [-0.1, -0.05) is 0 Å². The highest BCUT2D eigenvalue weighted by molar-refractivity contribution is 5.73. The van der Waals surface area contributed by atoms with Gasteiger partial charge in [0.1, 0.15) is 0 Å². The molecule has 82 valence electrons. The number of hydrogen-bond acceptors (Lipinski definition) is 2. The Balaban J connectivity index is 2.25. The Morgan fingerprint density at radius 2 is 2.33 bits per heavy atom. The van der Waals surface area contributed by atoms with Crippen molar-refractivity contribution in [2.75, 3.05) is 6.54 Å². The van der Waals surface area contributed by atoms with Crippen molar-refractivity contribution in [1.29, 1.82) is 0 Å². The highest BCUT2D eigenvalue weighted by Crippen LogP contribution is 2.30. The summed E-state index contributed by atoms with van der Waals surface area (Å²) in [6.07, 6.45) is 5.16. The molecule has 0 bridgehead atoms. The summed E-state index contributed by atoms with van der Waals surface area (Å²) in [4.78, 5) is 13.5. The number of amides is 1. The van der Waals surface area contributed by atoms with Crippen LogP contribution in [0.4, 0.5) is 0 Å². The van der Waals surface area contributed by atoms with E-state index < -0.39 is 0 Å². The number of carbonyl (C=O) groups is 1. The summed E-state index contributed by atoms with van der Waals surface area (Å²) in [6, 6.07) is 2.23. The number of aromatic nitrogens is 2. The molecular formula is C11H17N3O. The lowest BCUT2D eigenvalue weighted by atomic mass is 9.99. The summed E-state index contributed by atoms with van der Waals surface area (Å²) in [5.41, 5.74) is 1.14. The van der Waals surface area contributed by atoms with Crippen LogP contribution in [0.2, 0.25) is 0 Å². The summed E-state index contributed by atoms with van der Waals surface area (Å²) in [7, 11) is 1.93. The summed E-state index contributed by atoms with van der Waals surface area (Å²) in [6.45, 7) is 2.53. The van der Waals surface area contributed by atoms with E-state index in [2.05, 4.69) is 5.10 Å². The molecule has 0 spiro atoms. The molecule has 1 aliphatic rings. The number of likely N-dealkylation sites (tertiary alicyclic amines) is 1. The van der Waals surface area contributed by atoms with Crippen LogP contribution >= 0.6 is 0 Å². The fraction of sp³-hybridized carbons (Fsp3) is 0.636. The first-order chi connectivity index (χ1) is 7.20. The second kappa shape index (κ2) is 4.04. The minimum Gasteiger partial charge on any atom is -0.334 e. The Kier molecular flexibility index (Phi) is 2.75. The third kappa shape index (κ3) is 1.89. The van der Waals surface area contributed by atoms with E-state index >= 15 is 0 Å². The molecule has 15 heavy (non-hydrogen) atoms. The molecule has 1 aromatic heterocycles. The molecule has 1 atom stereocenters. The van der Waals surface area contributed by atoms with Crippen molar-refractivity contribution < 1.29 is 4.79 Å². The Morgan fingerprint density at radius 3 is 2.93 bits per heavy atom. The zero-order valence-corrected chi connectivity index (χ0v) is 9.31. The van der Waals surface area contributed by atoms with Crippen LogP contribution in [-0.2, 0) is 11.8 Å². The average molecular weight is 207 g/mol. The highest BCUT2D eigenvalue weighted by atomic mass is 16.2. The molecule has 1 aliphatic heterocycles. The maximum Gasteiger partial charge on any atom is 0.220 e. The van der Waals surface area contributed by atoms with Gasteiger partial charge >= 0.3 is 0 Å². The van der Waals surface area contributed by atoms with E-state index in [1.807, 2.05) is 22.7 Å². The van der Waals surface area contributed by atoms with E-state index in [0.29, 0.717) is 0 Å². The second-order valence-corrected chi connectivity index (χ2v) is 4.10. The lowest BCUT2D eigenvalue weighted by Crippen LogP contribution is -2.37. The third-order valence-corrected chi connectivity index (χ3v) is 3.11. The smallest absolute Gasteiger partial charge is 0.220 e. The lowest BCUT2D eigenvalue weighted by molar-refractivity contribution is -0.132. The highest BCUT2D eigenvalue weighted by Gasteiger charge is 2.27. The second-order valence-electron chi connectivity index (χ2n) is 4.10. The van der Waals surface area contributed by atoms with Crippen molar-refractivity contribution >= 4 is 5.91 Å². The standard InChI is InChI=1S/C11H17N3O/c1-9(15)14-8-4-3-5-11(14)10-6-7-12-13(10)2/h6-7,11H,3-5,8H2,1-2H3. The minimum atomic E-state index is 0.168. The van der Waals surface area contributed by atoms with Crippen molar-refractivity contribution in [2.45, 2.75) is 32.2 Å². The molecule has 0 aromatic carbocycles. The maximum atomic E-state index is 11.5. The van der Waals surface area contributed by atoms with Gasteiger partial charge in [-0.25, -0.2) is 0 Å². The van der Waals surface area contributed by atoms with Gasteiger partial charge < -0.3 is 4.90 Å². The molecule has 2 heterocycles. The molecule has 1 amide bonds. The monoisotopic (exact) mass is 207 g/mol. The van der Waals surface area contributed by atoms with Gasteiger partial charge in [0.05, 0.1) is 11.7 Å². The van der Waals surface area contributed by atoms with Gasteiger partial charge in [-0.3, -0.25) is 9.48 Å². The fourth-order valence-corrected chi connectivity index (χ4v) is 2.33. The zero-order chi connectivity index (χ0) is 10.8. The Morgan fingerprint density at radius 1 is 1.53 bits per heavy atom. The van der Waals surface area contributed by atoms with Gasteiger partial charge in [0, 0.05) is 26.7 Å². The summed E-state index contributed by atoms with van der Waals surface area (Å²) in [5.74, 6) is 0.168. The van der Waals surface area contributed by atoms with E-state index in [0.717, 1.165) is 25.1 Å². The topological polar surface area (TPSA) is 38.1 Å². The van der Waals surface area contributed by atoms with Crippen molar-refractivity contribution in [1.82, 2.24) is 14.7 Å². The van der Waals surface area contributed by atoms with Crippen molar-refractivity contribution in [2.24, 2.45) is 7.05 Å². The molecule has 1 fully saturated rings. The number of rotatable bonds is 1. The van der Waals surface area contributed by atoms with Crippen LogP contribution in [0.1, 0.15) is 37.9 Å². The molecule has 1 saturated heterocycles. The zero-order valence-electron chi connectivity index (χ0n) is 9.31. The van der Waals surface area contributed by atoms with E-state index in [1.54, 1.807) is 13.1 Å². The minimum absolute atomic E-state index is 0.168. The normalized spacial score (nSPS) is 21.7. The largest absolute Gasteiger partial charge is 0.334 e. The van der Waals surface area contributed by atoms with Crippen molar-refractivity contribution in [3.05, 3.63) is 18.0 Å². The SMILES string of the molecule is CC(=O)N1CCCCC1c1ccnn1C. The third-order valence-electron chi connectivity index (χ3n) is 3.11. The molecule has 1 unspecified atom stereocenters. The van der Waals surface area contributed by atoms with Crippen LogP contribution in [0.25, 0.3) is 0 Å². The Hall–Kier alpha value is -1.32. The molecule has 4 heteroatoms. The van der Waals surface area contributed by atoms with Crippen LogP contribution in [0.15, 0.2) is 12.3 Å². The summed E-state index contributed by atoms with van der Waals surface area (Å²) < 4.78 is 1.87. The van der Waals surface area contributed by atoms with Crippen LogP contribution in [0.3, 0.4) is 0 Å². The Bertz CT molecular complexity index is 358. The summed E-state index contributed by atoms with van der Waals surface area (Å²) in [5, 5.41) is 4.16. The van der Waals surface area contributed by atoms with Gasteiger partial charge in [-0.15, -0.1) is 0 Å². The first kappa shape index (κ1) is 10.2. The van der Waals surface area contributed by atoms with E-state index in [4.69, 9.17) is 0 Å². The number of piperidine rings is 1. The Labute approximate surface area is 89.9 Å². The molecule has 0 radical (unpaired) electrons. The molecule has 4 nitrogen and oxygen atoms in total. The molecule has 0 aliphatic carbocycles. The molecule has 2 rings (SSSR count). The molecular weight excluding hydrogens is 190 g/mol. The van der Waals surface area contributed by atoms with Gasteiger partial charge in [0.25, 0.3) is 0 Å². The fourth-order valence-electron chi connectivity index (χ4n) is 2.33. The van der Waals surface area contributed by atoms with E-state index in [1.165, 1.54) is 6.42 Å². The molecule has 1 aromatic rings. The first-order valence-electron chi connectivity index (χ1n) is 5.45. The molecule has 0 N–H and O–H groups in total. The van der Waals surface area contributed by atoms with Gasteiger partial charge in [0.2, 0.25) is 5.91 Å². The average Bonchev–Trinajstić information content (AvgIpc) is 2.64. The first-order valence-corrected chi connectivity index (χ1v) is 5.45. The van der Waals surface area contributed by atoms with Gasteiger partial charge in [-0.05, 0) is 25.3 Å². The van der Waals surface area contributed by atoms with Crippen molar-refractivity contribution in [3.8, 4) is 0 Å². The predicted octanol–water partition coefficient (Wildman–Crippen LogP) is 1.49. The number of nitrogens with zero attached hydrogens (tertiary/aromatic N) is 3. The number of hydrogen-bond donors (Lipinski definition) is 0. The van der Waals surface area contributed by atoms with Crippen molar-refractivity contribution in [3.63, 3.8) is 0 Å². The molecule has 0 saturated carbocycles. The van der Waals surface area contributed by atoms with E-state index in [-0.39, 0.29) is 11.9 Å². The van der Waals surface area contributed by atoms with Crippen LogP contribution < -0.4 is 0 Å². The van der Waals surface area contributed by atoms with Crippen LogP contribution in [0, 0.1) is 0 Å². The van der Waals surface area contributed by atoms with Crippen LogP contribution in [-0.4, -0.2) is 27.1 Å². The lowest BCUT2D eigenvalue weighted by Gasteiger charge is -2.35. The number of carbonyl (C=O) groups excluding carboxylic acids is 1. The predicted molar refractivity (Wildman–Crippen MR) is 57.2 cm³/mol. The van der Waals surface area contributed by atoms with E-state index in [9.17, 15) is 4.79 Å².